The molecule has 1 unspecified atom stereocenters. The summed E-state index contributed by atoms with van der Waals surface area (Å²) in [5.41, 5.74) is 0.648. The van der Waals surface area contributed by atoms with Crippen molar-refractivity contribution in [2.75, 3.05) is 19.9 Å². The molecule has 3 aromatic rings. The third-order valence-electron chi connectivity index (χ3n) is 6.90. The fourth-order valence-corrected chi connectivity index (χ4v) is 4.82. The van der Waals surface area contributed by atoms with Crippen molar-refractivity contribution in [3.63, 3.8) is 0 Å². The van der Waals surface area contributed by atoms with E-state index in [1.54, 1.807) is 27.8 Å². The van der Waals surface area contributed by atoms with Crippen molar-refractivity contribution >= 4 is 5.91 Å². The summed E-state index contributed by atoms with van der Waals surface area (Å²) in [6.07, 6.45) is 6.41. The predicted molar refractivity (Wildman–Crippen MR) is 134 cm³/mol. The molecular formula is C28H26F2N4O4. The molecule has 1 fully saturated rings. The first-order valence-electron chi connectivity index (χ1n) is 12.6. The molecule has 0 saturated carbocycles. The van der Waals surface area contributed by atoms with Crippen LogP contribution in [0, 0.1) is 5.82 Å². The number of amides is 1. The van der Waals surface area contributed by atoms with Gasteiger partial charge in [0.2, 0.25) is 12.7 Å². The van der Waals surface area contributed by atoms with Gasteiger partial charge in [0.05, 0.1) is 0 Å². The lowest BCUT2D eigenvalue weighted by Gasteiger charge is -2.32. The maximum absolute atomic E-state index is 13.5. The van der Waals surface area contributed by atoms with Crippen LogP contribution in [0.5, 0.6) is 17.2 Å². The van der Waals surface area contributed by atoms with Gasteiger partial charge in [-0.2, -0.15) is 5.10 Å². The average Bonchev–Trinajstić information content (AvgIpc) is 3.57. The molecule has 1 amide bonds. The highest BCUT2D eigenvalue weighted by atomic mass is 19.1. The average molecular weight is 521 g/mol. The van der Waals surface area contributed by atoms with Crippen LogP contribution in [0.1, 0.15) is 31.0 Å². The van der Waals surface area contributed by atoms with Gasteiger partial charge < -0.3 is 19.1 Å². The molecule has 1 aromatic heterocycles. The van der Waals surface area contributed by atoms with Gasteiger partial charge in [-0.1, -0.05) is 6.08 Å². The lowest BCUT2D eigenvalue weighted by Crippen LogP contribution is -2.43. The quantitative estimate of drug-likeness (QED) is 0.466. The van der Waals surface area contributed by atoms with Crippen molar-refractivity contribution in [2.24, 2.45) is 0 Å². The van der Waals surface area contributed by atoms with Gasteiger partial charge in [0.1, 0.15) is 30.0 Å². The van der Waals surface area contributed by atoms with E-state index in [4.69, 9.17) is 14.2 Å². The Balaban J connectivity index is 1.13. The molecule has 2 aromatic carbocycles. The van der Waals surface area contributed by atoms with Gasteiger partial charge in [-0.05, 0) is 55.0 Å². The summed E-state index contributed by atoms with van der Waals surface area (Å²) in [6, 6.07) is 11.4. The number of piperidine rings is 1. The summed E-state index contributed by atoms with van der Waals surface area (Å²) < 4.78 is 45.4. The molecule has 3 aliphatic rings. The van der Waals surface area contributed by atoms with Crippen molar-refractivity contribution in [3.05, 3.63) is 78.2 Å². The van der Waals surface area contributed by atoms with Crippen LogP contribution in [0.25, 0.3) is 11.4 Å². The van der Waals surface area contributed by atoms with Crippen LogP contribution >= 0.6 is 0 Å². The number of hydrogen-bond donors (Lipinski definition) is 0. The standard InChI is InChI=1S/C28H26F2N4O4/c29-20-5-1-18(2-6-20)27-31-28(19-3-7-21(30)8-4-19)34(32-27)16-26(35)33-13-11-22(12-14-33)38-23-9-10-24-25(15-23)37-17-36-24/h1,3-10,15,18,22H,2,11-14,16-17H2. The summed E-state index contributed by atoms with van der Waals surface area (Å²) in [6.45, 7) is 1.31. The van der Waals surface area contributed by atoms with Crippen LogP contribution in [0.3, 0.4) is 0 Å². The zero-order chi connectivity index (χ0) is 26.1. The normalized spacial score (nSPS) is 18.9. The van der Waals surface area contributed by atoms with Crippen molar-refractivity contribution in [3.8, 4) is 28.6 Å². The van der Waals surface area contributed by atoms with Crippen molar-refractivity contribution in [1.82, 2.24) is 19.7 Å². The van der Waals surface area contributed by atoms with Gasteiger partial charge in [-0.15, -0.1) is 0 Å². The number of allylic oxidation sites excluding steroid dienone is 4. The van der Waals surface area contributed by atoms with Crippen LogP contribution in [0.4, 0.5) is 8.78 Å². The Kier molecular flexibility index (Phi) is 6.53. The predicted octanol–water partition coefficient (Wildman–Crippen LogP) is 4.78. The minimum atomic E-state index is -0.363. The number of aromatic nitrogens is 3. The fourth-order valence-electron chi connectivity index (χ4n) is 4.82. The monoisotopic (exact) mass is 520 g/mol. The van der Waals surface area contributed by atoms with Crippen molar-refractivity contribution < 1.29 is 27.8 Å². The van der Waals surface area contributed by atoms with Crippen LogP contribution in [0.15, 0.2) is 66.5 Å². The highest BCUT2D eigenvalue weighted by molar-refractivity contribution is 5.76. The van der Waals surface area contributed by atoms with E-state index >= 15 is 0 Å². The van der Waals surface area contributed by atoms with Gasteiger partial charge >= 0.3 is 0 Å². The van der Waals surface area contributed by atoms with E-state index in [-0.39, 0.29) is 42.9 Å². The highest BCUT2D eigenvalue weighted by Crippen LogP contribution is 2.36. The number of nitrogens with zero attached hydrogens (tertiary/aromatic N) is 4. The molecule has 8 nitrogen and oxygen atoms in total. The number of fused-ring (bicyclic) bond motifs is 1. The second-order valence-corrected chi connectivity index (χ2v) is 9.46. The van der Waals surface area contributed by atoms with Crippen LogP contribution in [0.2, 0.25) is 0 Å². The molecule has 1 atom stereocenters. The molecule has 2 aliphatic heterocycles. The lowest BCUT2D eigenvalue weighted by molar-refractivity contribution is -0.133. The lowest BCUT2D eigenvalue weighted by atomic mass is 10.00. The zero-order valence-electron chi connectivity index (χ0n) is 20.6. The molecule has 6 rings (SSSR count). The Bertz CT molecular complexity index is 1390. The van der Waals surface area contributed by atoms with Crippen LogP contribution in [-0.4, -0.2) is 51.6 Å². The molecule has 0 bridgehead atoms. The van der Waals surface area contributed by atoms with Crippen LogP contribution in [-0.2, 0) is 11.3 Å². The summed E-state index contributed by atoms with van der Waals surface area (Å²) in [5.74, 6) is 2.11. The van der Waals surface area contributed by atoms with Gasteiger partial charge in [0, 0.05) is 43.5 Å². The molecule has 10 heteroatoms. The van der Waals surface area contributed by atoms with Gasteiger partial charge in [-0.3, -0.25) is 4.79 Å². The summed E-state index contributed by atoms with van der Waals surface area (Å²) in [5, 5.41) is 4.61. The van der Waals surface area contributed by atoms with E-state index in [0.717, 1.165) is 0 Å². The third-order valence-corrected chi connectivity index (χ3v) is 6.90. The Labute approximate surface area is 218 Å². The number of hydrogen-bond acceptors (Lipinski definition) is 6. The first-order valence-corrected chi connectivity index (χ1v) is 12.6. The molecule has 1 saturated heterocycles. The van der Waals surface area contributed by atoms with E-state index in [0.29, 0.717) is 66.8 Å². The zero-order valence-corrected chi connectivity index (χ0v) is 20.6. The van der Waals surface area contributed by atoms with Crippen molar-refractivity contribution in [1.29, 1.82) is 0 Å². The van der Waals surface area contributed by atoms with E-state index in [9.17, 15) is 13.6 Å². The topological polar surface area (TPSA) is 78.7 Å². The fraction of sp³-hybridized carbons (Fsp3) is 0.321. The molecule has 1 aliphatic carbocycles. The number of carbonyl (C=O) groups excluding carboxylic acids is 1. The molecule has 0 N–H and O–H groups in total. The highest BCUT2D eigenvalue weighted by Gasteiger charge is 2.27. The van der Waals surface area contributed by atoms with Crippen LogP contribution < -0.4 is 14.2 Å². The maximum Gasteiger partial charge on any atom is 0.244 e. The second-order valence-electron chi connectivity index (χ2n) is 9.46. The molecule has 3 heterocycles. The number of benzene rings is 2. The smallest absolute Gasteiger partial charge is 0.244 e. The number of likely N-dealkylation sites (tertiary alicyclic amines) is 1. The molecule has 0 spiro atoms. The Hall–Kier alpha value is -4.21. The number of halogens is 2. The number of ether oxygens (including phenoxy) is 3. The van der Waals surface area contributed by atoms with E-state index in [1.807, 2.05) is 18.2 Å². The molecule has 38 heavy (non-hydrogen) atoms. The Morgan fingerprint density at radius 3 is 2.61 bits per heavy atom. The Morgan fingerprint density at radius 1 is 1.05 bits per heavy atom. The van der Waals surface area contributed by atoms with Gasteiger partial charge in [-0.25, -0.2) is 18.4 Å². The second kappa shape index (κ2) is 10.3. The first kappa shape index (κ1) is 24.1. The molecule has 0 radical (unpaired) electrons. The largest absolute Gasteiger partial charge is 0.490 e. The van der Waals surface area contributed by atoms with Gasteiger partial charge in [0.15, 0.2) is 23.1 Å². The number of carbonyl (C=O) groups is 1. The first-order chi connectivity index (χ1) is 18.5. The summed E-state index contributed by atoms with van der Waals surface area (Å²) >= 11 is 0. The van der Waals surface area contributed by atoms with E-state index < -0.39 is 0 Å². The minimum Gasteiger partial charge on any atom is -0.490 e. The Morgan fingerprint density at radius 2 is 1.84 bits per heavy atom. The molecular weight excluding hydrogens is 494 g/mol. The SMILES string of the molecule is O=C(Cn1nc(C2C=CC(F)=CC2)nc1-c1ccc(F)cc1)N1CCC(Oc2ccc3c(c2)OCO3)CC1. The summed E-state index contributed by atoms with van der Waals surface area (Å²) in [4.78, 5) is 19.7. The third kappa shape index (κ3) is 5.11. The maximum atomic E-state index is 13.5. The van der Waals surface area contributed by atoms with E-state index in [2.05, 4.69) is 10.1 Å². The van der Waals surface area contributed by atoms with E-state index in [1.165, 1.54) is 24.3 Å². The minimum absolute atomic E-state index is 0.00592. The molecule has 196 valence electrons. The van der Waals surface area contributed by atoms with Crippen molar-refractivity contribution in [2.45, 2.75) is 37.8 Å². The van der Waals surface area contributed by atoms with Gasteiger partial charge in [0.25, 0.3) is 0 Å². The summed E-state index contributed by atoms with van der Waals surface area (Å²) in [7, 11) is 0. The number of rotatable bonds is 6.